The van der Waals surface area contributed by atoms with Crippen molar-refractivity contribution in [1.29, 1.82) is 0 Å². The van der Waals surface area contributed by atoms with Crippen LogP contribution < -0.4 is 5.32 Å². The number of ether oxygens (including phenoxy) is 1. The first-order valence-corrected chi connectivity index (χ1v) is 11.1. The van der Waals surface area contributed by atoms with Gasteiger partial charge in [0.2, 0.25) is 5.95 Å². The fourth-order valence-corrected chi connectivity index (χ4v) is 4.24. The molecule has 7 nitrogen and oxygen atoms in total. The standard InChI is InChI=1S/C26H25N5O2/c32-25(22-7-2-9-23(16-22)30-26-28-11-4-12-29-26)31-13-14-33-18-19(17-31)15-21-6-1-5-20-8-3-10-27-24(20)21/h1-12,16,19H,13-15,17-18H2,(H,28,29,30). The maximum absolute atomic E-state index is 13.4. The number of amides is 1. The number of carbonyl (C=O) groups is 1. The molecule has 0 bridgehead atoms. The van der Waals surface area contributed by atoms with Gasteiger partial charge in [-0.05, 0) is 42.3 Å². The van der Waals surface area contributed by atoms with Gasteiger partial charge in [0.25, 0.3) is 5.91 Å². The molecule has 0 aliphatic carbocycles. The Labute approximate surface area is 192 Å². The Morgan fingerprint density at radius 1 is 1.00 bits per heavy atom. The van der Waals surface area contributed by atoms with Gasteiger partial charge in [0.15, 0.2) is 0 Å². The highest BCUT2D eigenvalue weighted by Crippen LogP contribution is 2.22. The summed E-state index contributed by atoms with van der Waals surface area (Å²) in [5.74, 6) is 0.691. The van der Waals surface area contributed by atoms with Crippen molar-refractivity contribution in [3.8, 4) is 0 Å². The molecule has 166 valence electrons. The summed E-state index contributed by atoms with van der Waals surface area (Å²) in [6.45, 7) is 2.37. The SMILES string of the molecule is O=C(c1cccc(Nc2ncccn2)c1)N1CCOCC(Cc2cccc3cccnc23)C1. The second-order valence-corrected chi connectivity index (χ2v) is 8.17. The minimum Gasteiger partial charge on any atom is -0.379 e. The number of fused-ring (bicyclic) bond motifs is 1. The highest BCUT2D eigenvalue weighted by Gasteiger charge is 2.24. The number of carbonyl (C=O) groups excluding carboxylic acids is 1. The van der Waals surface area contributed by atoms with E-state index in [1.165, 1.54) is 5.56 Å². The number of nitrogens with zero attached hydrogens (tertiary/aromatic N) is 4. The Morgan fingerprint density at radius 3 is 2.73 bits per heavy atom. The van der Waals surface area contributed by atoms with Crippen molar-refractivity contribution in [3.05, 3.63) is 90.4 Å². The summed E-state index contributed by atoms with van der Waals surface area (Å²) in [6, 6.07) is 19.5. The van der Waals surface area contributed by atoms with Crippen LogP contribution in [0.2, 0.25) is 0 Å². The van der Waals surface area contributed by atoms with Crippen molar-refractivity contribution < 1.29 is 9.53 Å². The van der Waals surface area contributed by atoms with Crippen molar-refractivity contribution in [2.24, 2.45) is 5.92 Å². The number of aromatic nitrogens is 3. The zero-order valence-corrected chi connectivity index (χ0v) is 18.2. The van der Waals surface area contributed by atoms with Crippen molar-refractivity contribution >= 4 is 28.4 Å². The zero-order chi connectivity index (χ0) is 22.5. The summed E-state index contributed by atoms with van der Waals surface area (Å²) in [6.07, 6.45) is 5.98. The van der Waals surface area contributed by atoms with Crippen LogP contribution >= 0.6 is 0 Å². The molecule has 2 aromatic carbocycles. The van der Waals surface area contributed by atoms with Crippen LogP contribution in [0.1, 0.15) is 15.9 Å². The predicted octanol–water partition coefficient (Wildman–Crippen LogP) is 4.10. The first-order valence-electron chi connectivity index (χ1n) is 11.1. The number of nitrogens with one attached hydrogen (secondary N) is 1. The van der Waals surface area contributed by atoms with Crippen LogP contribution in [0.15, 0.2) is 79.3 Å². The van der Waals surface area contributed by atoms with Crippen LogP contribution in [-0.4, -0.2) is 52.1 Å². The Hall–Kier alpha value is -3.84. The quantitative estimate of drug-likeness (QED) is 0.504. The molecule has 0 saturated carbocycles. The molecular formula is C26H25N5O2. The molecule has 1 N–H and O–H groups in total. The topological polar surface area (TPSA) is 80.2 Å². The Kier molecular flexibility index (Phi) is 6.21. The van der Waals surface area contributed by atoms with Gasteiger partial charge in [0.05, 0.1) is 18.7 Å². The molecule has 7 heteroatoms. The number of anilines is 2. The minimum absolute atomic E-state index is 0.000764. The van der Waals surface area contributed by atoms with Gasteiger partial charge in [-0.2, -0.15) is 0 Å². The molecule has 1 aliphatic rings. The van der Waals surface area contributed by atoms with E-state index in [0.29, 0.717) is 37.8 Å². The number of pyridine rings is 1. The summed E-state index contributed by atoms with van der Waals surface area (Å²) >= 11 is 0. The van der Waals surface area contributed by atoms with E-state index < -0.39 is 0 Å². The minimum atomic E-state index is -0.000764. The molecule has 4 aromatic rings. The van der Waals surface area contributed by atoms with E-state index in [-0.39, 0.29) is 11.8 Å². The molecule has 0 radical (unpaired) electrons. The number of para-hydroxylation sites is 1. The lowest BCUT2D eigenvalue weighted by Gasteiger charge is -2.24. The third kappa shape index (κ3) is 4.99. The lowest BCUT2D eigenvalue weighted by Crippen LogP contribution is -2.36. The lowest BCUT2D eigenvalue weighted by molar-refractivity contribution is 0.0737. The molecule has 1 amide bonds. The van der Waals surface area contributed by atoms with E-state index in [0.717, 1.165) is 23.0 Å². The second kappa shape index (κ2) is 9.75. The fourth-order valence-electron chi connectivity index (χ4n) is 4.24. The van der Waals surface area contributed by atoms with Gasteiger partial charge in [0, 0.05) is 54.2 Å². The third-order valence-corrected chi connectivity index (χ3v) is 5.78. The molecule has 33 heavy (non-hydrogen) atoms. The van der Waals surface area contributed by atoms with Crippen molar-refractivity contribution in [3.63, 3.8) is 0 Å². The average Bonchev–Trinajstić information content (AvgIpc) is 3.10. The number of benzene rings is 2. The highest BCUT2D eigenvalue weighted by atomic mass is 16.5. The van der Waals surface area contributed by atoms with E-state index in [1.807, 2.05) is 41.4 Å². The van der Waals surface area contributed by atoms with E-state index in [2.05, 4.69) is 44.5 Å². The van der Waals surface area contributed by atoms with Gasteiger partial charge >= 0.3 is 0 Å². The van der Waals surface area contributed by atoms with Crippen molar-refractivity contribution in [2.45, 2.75) is 6.42 Å². The van der Waals surface area contributed by atoms with Crippen molar-refractivity contribution in [2.75, 3.05) is 31.6 Å². The van der Waals surface area contributed by atoms with Gasteiger partial charge in [-0.15, -0.1) is 0 Å². The monoisotopic (exact) mass is 439 g/mol. The van der Waals surface area contributed by atoms with Crippen LogP contribution in [0.25, 0.3) is 10.9 Å². The zero-order valence-electron chi connectivity index (χ0n) is 18.2. The van der Waals surface area contributed by atoms with Crippen LogP contribution in [0, 0.1) is 5.92 Å². The van der Waals surface area contributed by atoms with Gasteiger partial charge in [0.1, 0.15) is 0 Å². The van der Waals surface area contributed by atoms with Crippen LogP contribution in [0.4, 0.5) is 11.6 Å². The van der Waals surface area contributed by atoms with E-state index in [9.17, 15) is 4.79 Å². The fraction of sp³-hybridized carbons (Fsp3) is 0.231. The van der Waals surface area contributed by atoms with Crippen molar-refractivity contribution in [1.82, 2.24) is 19.9 Å². The molecule has 0 spiro atoms. The summed E-state index contributed by atoms with van der Waals surface area (Å²) < 4.78 is 5.87. The first kappa shape index (κ1) is 21.0. The maximum Gasteiger partial charge on any atom is 0.254 e. The molecule has 5 rings (SSSR count). The Morgan fingerprint density at radius 2 is 1.82 bits per heavy atom. The molecule has 1 aliphatic heterocycles. The van der Waals surface area contributed by atoms with Gasteiger partial charge < -0.3 is 15.0 Å². The van der Waals surface area contributed by atoms with Crippen LogP contribution in [0.3, 0.4) is 0 Å². The summed E-state index contributed by atoms with van der Waals surface area (Å²) in [5, 5.41) is 4.28. The number of hydrogen-bond donors (Lipinski definition) is 1. The van der Waals surface area contributed by atoms with Crippen LogP contribution in [-0.2, 0) is 11.2 Å². The van der Waals surface area contributed by atoms with Gasteiger partial charge in [-0.1, -0.05) is 30.3 Å². The molecule has 3 heterocycles. The van der Waals surface area contributed by atoms with Gasteiger partial charge in [-0.25, -0.2) is 9.97 Å². The van der Waals surface area contributed by atoms with E-state index in [1.54, 1.807) is 18.5 Å². The normalized spacial score (nSPS) is 16.4. The lowest BCUT2D eigenvalue weighted by atomic mass is 9.97. The summed E-state index contributed by atoms with van der Waals surface area (Å²) in [7, 11) is 0. The van der Waals surface area contributed by atoms with Gasteiger partial charge in [-0.3, -0.25) is 9.78 Å². The first-order chi connectivity index (χ1) is 16.3. The molecule has 1 unspecified atom stereocenters. The average molecular weight is 440 g/mol. The Balaban J connectivity index is 1.32. The third-order valence-electron chi connectivity index (χ3n) is 5.78. The molecule has 1 saturated heterocycles. The largest absolute Gasteiger partial charge is 0.379 e. The second-order valence-electron chi connectivity index (χ2n) is 8.17. The maximum atomic E-state index is 13.4. The molecule has 1 atom stereocenters. The smallest absolute Gasteiger partial charge is 0.254 e. The van der Waals surface area contributed by atoms with E-state index >= 15 is 0 Å². The molecule has 1 fully saturated rings. The number of hydrogen-bond acceptors (Lipinski definition) is 6. The summed E-state index contributed by atoms with van der Waals surface area (Å²) in [4.78, 5) is 28.2. The molecular weight excluding hydrogens is 414 g/mol. The predicted molar refractivity (Wildman–Crippen MR) is 127 cm³/mol. The highest BCUT2D eigenvalue weighted by molar-refractivity contribution is 5.95. The Bertz CT molecular complexity index is 1240. The van der Waals surface area contributed by atoms with E-state index in [4.69, 9.17) is 4.74 Å². The molecule has 2 aromatic heterocycles. The van der Waals surface area contributed by atoms with Crippen LogP contribution in [0.5, 0.6) is 0 Å². The number of rotatable bonds is 5. The summed E-state index contributed by atoms with van der Waals surface area (Å²) in [5.41, 5.74) is 3.61.